The number of thioether (sulfide) groups is 1. The largest absolute Gasteiger partial charge is 0.504 e. The second kappa shape index (κ2) is 8.18. The number of phenolic OH excluding ortho intramolecular Hbond substituents is 1. The SMILES string of the molecule is COC(=O)c1ccc(N=C2S/C(=C/c3ccc(O)c(OC)c3)C(=O)N2C)cc1. The fourth-order valence-corrected chi connectivity index (χ4v) is 3.47. The minimum absolute atomic E-state index is 0.0322. The maximum Gasteiger partial charge on any atom is 0.337 e. The molecule has 0 unspecified atom stereocenters. The van der Waals surface area contributed by atoms with Gasteiger partial charge in [-0.2, -0.15) is 0 Å². The molecule has 1 aliphatic heterocycles. The lowest BCUT2D eigenvalue weighted by atomic mass is 10.2. The van der Waals surface area contributed by atoms with E-state index < -0.39 is 5.97 Å². The molecule has 2 aromatic carbocycles. The first kappa shape index (κ1) is 19.5. The molecule has 8 heteroatoms. The molecule has 0 bridgehead atoms. The normalized spacial score (nSPS) is 16.7. The number of amides is 1. The minimum atomic E-state index is -0.420. The lowest BCUT2D eigenvalue weighted by Gasteiger charge is -2.07. The van der Waals surface area contributed by atoms with Crippen molar-refractivity contribution in [3.63, 3.8) is 0 Å². The van der Waals surface area contributed by atoms with Crippen molar-refractivity contribution < 1.29 is 24.2 Å². The van der Waals surface area contributed by atoms with Gasteiger partial charge in [0.2, 0.25) is 0 Å². The summed E-state index contributed by atoms with van der Waals surface area (Å²) in [6.45, 7) is 0. The Hall–Kier alpha value is -3.26. The Morgan fingerprint density at radius 1 is 1.18 bits per heavy atom. The van der Waals surface area contributed by atoms with Gasteiger partial charge in [-0.15, -0.1) is 0 Å². The predicted molar refractivity (Wildman–Crippen MR) is 108 cm³/mol. The van der Waals surface area contributed by atoms with Gasteiger partial charge in [0.1, 0.15) is 0 Å². The van der Waals surface area contributed by atoms with E-state index in [1.165, 1.54) is 36.9 Å². The summed E-state index contributed by atoms with van der Waals surface area (Å²) in [7, 11) is 4.43. The summed E-state index contributed by atoms with van der Waals surface area (Å²) in [5.74, 6) is -0.235. The van der Waals surface area contributed by atoms with Gasteiger partial charge in [0, 0.05) is 7.05 Å². The number of phenols is 1. The topological polar surface area (TPSA) is 88.4 Å². The molecule has 28 heavy (non-hydrogen) atoms. The first-order valence-corrected chi connectivity index (χ1v) is 9.06. The molecular weight excluding hydrogens is 380 g/mol. The fourth-order valence-electron chi connectivity index (χ4n) is 2.49. The lowest BCUT2D eigenvalue weighted by Crippen LogP contribution is -2.23. The summed E-state index contributed by atoms with van der Waals surface area (Å²) in [5.41, 5.74) is 1.77. The number of hydrogen-bond donors (Lipinski definition) is 1. The highest BCUT2D eigenvalue weighted by atomic mass is 32.2. The fraction of sp³-hybridized carbons (Fsp3) is 0.150. The number of benzene rings is 2. The van der Waals surface area contributed by atoms with Crippen LogP contribution in [0.15, 0.2) is 52.4 Å². The second-order valence-corrected chi connectivity index (χ2v) is 6.85. The van der Waals surface area contributed by atoms with Crippen molar-refractivity contribution in [3.05, 3.63) is 58.5 Å². The molecule has 2 aromatic rings. The number of rotatable bonds is 4. The first-order valence-electron chi connectivity index (χ1n) is 8.24. The van der Waals surface area contributed by atoms with Gasteiger partial charge in [-0.05, 0) is 59.8 Å². The molecule has 1 aliphatic rings. The summed E-state index contributed by atoms with van der Waals surface area (Å²) in [6, 6.07) is 11.5. The van der Waals surface area contributed by atoms with Gasteiger partial charge in [-0.3, -0.25) is 9.69 Å². The molecule has 7 nitrogen and oxygen atoms in total. The highest BCUT2D eigenvalue weighted by Crippen LogP contribution is 2.34. The number of nitrogens with zero attached hydrogens (tertiary/aromatic N) is 2. The second-order valence-electron chi connectivity index (χ2n) is 5.84. The van der Waals surface area contributed by atoms with Gasteiger partial charge < -0.3 is 14.6 Å². The number of methoxy groups -OCH3 is 2. The molecule has 0 radical (unpaired) electrons. The number of esters is 1. The quantitative estimate of drug-likeness (QED) is 0.627. The molecular formula is C20H18N2O5S. The molecule has 1 fully saturated rings. The van der Waals surface area contributed by atoms with Crippen molar-refractivity contribution in [2.45, 2.75) is 0 Å². The summed E-state index contributed by atoms with van der Waals surface area (Å²) >= 11 is 1.24. The Morgan fingerprint density at radius 2 is 1.89 bits per heavy atom. The Labute approximate surface area is 166 Å². The van der Waals surface area contributed by atoms with Crippen LogP contribution < -0.4 is 4.74 Å². The molecule has 0 saturated carbocycles. The van der Waals surface area contributed by atoms with Crippen molar-refractivity contribution in [1.82, 2.24) is 4.90 Å². The van der Waals surface area contributed by atoms with Crippen LogP contribution in [0.25, 0.3) is 6.08 Å². The Bertz CT molecular complexity index is 983. The van der Waals surface area contributed by atoms with E-state index in [0.717, 1.165) is 5.56 Å². The monoisotopic (exact) mass is 398 g/mol. The van der Waals surface area contributed by atoms with Crippen LogP contribution >= 0.6 is 11.8 Å². The molecule has 3 rings (SSSR count). The maximum atomic E-state index is 12.5. The number of ether oxygens (including phenoxy) is 2. The Morgan fingerprint density at radius 3 is 2.54 bits per heavy atom. The van der Waals surface area contributed by atoms with E-state index in [1.54, 1.807) is 49.5 Å². The van der Waals surface area contributed by atoms with Gasteiger partial charge in [-0.1, -0.05) is 6.07 Å². The number of aromatic hydroxyl groups is 1. The molecule has 0 spiro atoms. The van der Waals surface area contributed by atoms with E-state index in [-0.39, 0.29) is 11.7 Å². The summed E-state index contributed by atoms with van der Waals surface area (Å²) in [5, 5.41) is 10.2. The number of carbonyl (C=O) groups excluding carboxylic acids is 2. The van der Waals surface area contributed by atoms with Crippen molar-refractivity contribution >= 4 is 40.6 Å². The molecule has 0 aliphatic carbocycles. The van der Waals surface area contributed by atoms with Crippen LogP contribution in [0.5, 0.6) is 11.5 Å². The van der Waals surface area contributed by atoms with E-state index >= 15 is 0 Å². The third-order valence-electron chi connectivity index (χ3n) is 4.02. The van der Waals surface area contributed by atoms with E-state index in [0.29, 0.717) is 27.1 Å². The van der Waals surface area contributed by atoms with Crippen molar-refractivity contribution in [2.75, 3.05) is 21.3 Å². The third kappa shape index (κ3) is 4.01. The van der Waals surface area contributed by atoms with Crippen LogP contribution in [0.4, 0.5) is 5.69 Å². The Kier molecular flexibility index (Phi) is 5.70. The van der Waals surface area contributed by atoms with Crippen LogP contribution in [0.3, 0.4) is 0 Å². The van der Waals surface area contributed by atoms with Gasteiger partial charge >= 0.3 is 5.97 Å². The molecule has 1 amide bonds. The number of amidine groups is 1. The van der Waals surface area contributed by atoms with Crippen LogP contribution in [0, 0.1) is 0 Å². The van der Waals surface area contributed by atoms with E-state index in [2.05, 4.69) is 9.73 Å². The Balaban J connectivity index is 1.85. The zero-order valence-electron chi connectivity index (χ0n) is 15.5. The lowest BCUT2D eigenvalue weighted by molar-refractivity contribution is -0.121. The number of hydrogen-bond acceptors (Lipinski definition) is 7. The number of carbonyl (C=O) groups is 2. The van der Waals surface area contributed by atoms with Crippen molar-refractivity contribution in [2.24, 2.45) is 4.99 Å². The zero-order valence-corrected chi connectivity index (χ0v) is 16.3. The van der Waals surface area contributed by atoms with Crippen molar-refractivity contribution in [3.8, 4) is 11.5 Å². The standard InChI is InChI=1S/C20H18N2O5S/c1-22-18(24)17(11-12-4-9-15(23)16(10-12)26-2)28-20(22)21-14-7-5-13(6-8-14)19(25)27-3/h4-11,23H,1-3H3/b17-11+,21-20?. The van der Waals surface area contributed by atoms with Gasteiger partial charge in [-0.25, -0.2) is 9.79 Å². The van der Waals surface area contributed by atoms with E-state index in [4.69, 9.17) is 4.74 Å². The van der Waals surface area contributed by atoms with E-state index in [1.807, 2.05) is 0 Å². The van der Waals surface area contributed by atoms with Crippen LogP contribution in [0.1, 0.15) is 15.9 Å². The predicted octanol–water partition coefficient (Wildman–Crippen LogP) is 3.42. The average Bonchev–Trinajstić information content (AvgIpc) is 2.97. The molecule has 1 heterocycles. The van der Waals surface area contributed by atoms with Gasteiger partial charge in [0.15, 0.2) is 16.7 Å². The smallest absolute Gasteiger partial charge is 0.337 e. The zero-order chi connectivity index (χ0) is 20.3. The highest BCUT2D eigenvalue weighted by molar-refractivity contribution is 8.18. The summed E-state index contributed by atoms with van der Waals surface area (Å²) in [6.07, 6.45) is 1.72. The average molecular weight is 398 g/mol. The summed E-state index contributed by atoms with van der Waals surface area (Å²) in [4.78, 5) is 30.5. The molecule has 1 N–H and O–H groups in total. The first-order chi connectivity index (χ1) is 13.4. The van der Waals surface area contributed by atoms with Crippen LogP contribution in [0.2, 0.25) is 0 Å². The highest BCUT2D eigenvalue weighted by Gasteiger charge is 2.30. The summed E-state index contributed by atoms with van der Waals surface area (Å²) < 4.78 is 9.77. The van der Waals surface area contributed by atoms with Crippen LogP contribution in [-0.2, 0) is 9.53 Å². The number of aliphatic imine (C=N–C) groups is 1. The van der Waals surface area contributed by atoms with Crippen LogP contribution in [-0.4, -0.2) is 48.3 Å². The minimum Gasteiger partial charge on any atom is -0.504 e. The number of likely N-dealkylation sites (N-methyl/N-ethyl adjacent to an activating group) is 1. The molecule has 144 valence electrons. The van der Waals surface area contributed by atoms with Gasteiger partial charge in [0.05, 0.1) is 30.4 Å². The molecule has 1 saturated heterocycles. The third-order valence-corrected chi connectivity index (χ3v) is 5.08. The van der Waals surface area contributed by atoms with Gasteiger partial charge in [0.25, 0.3) is 5.91 Å². The van der Waals surface area contributed by atoms with Crippen molar-refractivity contribution in [1.29, 1.82) is 0 Å². The molecule has 0 aromatic heterocycles. The maximum absolute atomic E-state index is 12.5. The van der Waals surface area contributed by atoms with E-state index in [9.17, 15) is 14.7 Å². The molecule has 0 atom stereocenters.